The van der Waals surface area contributed by atoms with Gasteiger partial charge in [-0.1, -0.05) is 11.6 Å². The van der Waals surface area contributed by atoms with Crippen LogP contribution in [0.15, 0.2) is 18.2 Å². The molecule has 0 radical (unpaired) electrons. The van der Waals surface area contributed by atoms with E-state index in [0.29, 0.717) is 17.6 Å². The normalized spacial score (nSPS) is 18.9. The Morgan fingerprint density at radius 2 is 2.39 bits per heavy atom. The SMILES string of the molecule is O=C(NCC[C@@H]1CCCN1)c1cc(Cl)ccc1F. The van der Waals surface area contributed by atoms with Gasteiger partial charge in [-0.25, -0.2) is 4.39 Å². The number of hydrogen-bond acceptors (Lipinski definition) is 2. The monoisotopic (exact) mass is 270 g/mol. The van der Waals surface area contributed by atoms with E-state index in [0.717, 1.165) is 19.4 Å². The van der Waals surface area contributed by atoms with E-state index in [1.165, 1.54) is 24.6 Å². The van der Waals surface area contributed by atoms with Crippen molar-refractivity contribution in [3.63, 3.8) is 0 Å². The predicted molar refractivity (Wildman–Crippen MR) is 69.4 cm³/mol. The quantitative estimate of drug-likeness (QED) is 0.882. The molecule has 1 aromatic rings. The van der Waals surface area contributed by atoms with Crippen molar-refractivity contribution in [2.45, 2.75) is 25.3 Å². The van der Waals surface area contributed by atoms with E-state index in [2.05, 4.69) is 10.6 Å². The second-order valence-corrected chi connectivity index (χ2v) is 4.90. The van der Waals surface area contributed by atoms with Crippen molar-refractivity contribution in [2.75, 3.05) is 13.1 Å². The van der Waals surface area contributed by atoms with Crippen molar-refractivity contribution in [3.05, 3.63) is 34.6 Å². The lowest BCUT2D eigenvalue weighted by atomic mass is 10.1. The second-order valence-electron chi connectivity index (χ2n) is 4.46. The zero-order valence-electron chi connectivity index (χ0n) is 10.0. The lowest BCUT2D eigenvalue weighted by Gasteiger charge is -2.11. The van der Waals surface area contributed by atoms with E-state index in [4.69, 9.17) is 11.6 Å². The summed E-state index contributed by atoms with van der Waals surface area (Å²) in [5.41, 5.74) is 0.00174. The molecule has 0 spiro atoms. The first-order chi connectivity index (χ1) is 8.66. The summed E-state index contributed by atoms with van der Waals surface area (Å²) in [6.07, 6.45) is 3.19. The molecule has 1 aliphatic heterocycles. The van der Waals surface area contributed by atoms with Crippen molar-refractivity contribution in [3.8, 4) is 0 Å². The third kappa shape index (κ3) is 3.43. The van der Waals surface area contributed by atoms with Crippen LogP contribution in [0.5, 0.6) is 0 Å². The highest BCUT2D eigenvalue weighted by atomic mass is 35.5. The molecule has 0 aromatic heterocycles. The Labute approximate surface area is 111 Å². The maximum atomic E-state index is 13.4. The fraction of sp³-hybridized carbons (Fsp3) is 0.462. The largest absolute Gasteiger partial charge is 0.352 e. The van der Waals surface area contributed by atoms with E-state index in [1.807, 2.05) is 0 Å². The van der Waals surface area contributed by atoms with Gasteiger partial charge in [0, 0.05) is 17.6 Å². The molecule has 18 heavy (non-hydrogen) atoms. The molecule has 98 valence electrons. The molecule has 2 rings (SSSR count). The van der Waals surface area contributed by atoms with Crippen LogP contribution >= 0.6 is 11.6 Å². The minimum atomic E-state index is -0.545. The standard InChI is InChI=1S/C13H16ClFN2O/c14-9-3-4-12(15)11(8-9)13(18)17-7-5-10-2-1-6-16-10/h3-4,8,10,16H,1-2,5-7H2,(H,17,18)/t10-/m0/s1. The molecular formula is C13H16ClFN2O. The smallest absolute Gasteiger partial charge is 0.254 e. The van der Waals surface area contributed by atoms with Crippen LogP contribution in [0.3, 0.4) is 0 Å². The second kappa shape index (κ2) is 6.16. The molecule has 1 heterocycles. The number of amides is 1. The van der Waals surface area contributed by atoms with Gasteiger partial charge in [-0.2, -0.15) is 0 Å². The number of rotatable bonds is 4. The molecule has 1 aliphatic rings. The summed E-state index contributed by atoms with van der Waals surface area (Å²) in [6.45, 7) is 1.59. The van der Waals surface area contributed by atoms with E-state index >= 15 is 0 Å². The van der Waals surface area contributed by atoms with E-state index in [-0.39, 0.29) is 5.56 Å². The summed E-state index contributed by atoms with van der Waals surface area (Å²) in [5.74, 6) is -0.955. The van der Waals surface area contributed by atoms with Gasteiger partial charge in [0.15, 0.2) is 0 Å². The van der Waals surface area contributed by atoms with Gasteiger partial charge in [-0.15, -0.1) is 0 Å². The van der Waals surface area contributed by atoms with Gasteiger partial charge in [0.05, 0.1) is 5.56 Å². The third-order valence-electron chi connectivity index (χ3n) is 3.11. The molecule has 1 fully saturated rings. The number of benzene rings is 1. The highest BCUT2D eigenvalue weighted by Crippen LogP contribution is 2.15. The van der Waals surface area contributed by atoms with Crippen LogP contribution in [0, 0.1) is 5.82 Å². The predicted octanol–water partition coefficient (Wildman–Crippen LogP) is 2.35. The third-order valence-corrected chi connectivity index (χ3v) is 3.35. The highest BCUT2D eigenvalue weighted by Gasteiger charge is 2.15. The minimum Gasteiger partial charge on any atom is -0.352 e. The number of nitrogens with one attached hydrogen (secondary N) is 2. The van der Waals surface area contributed by atoms with Crippen molar-refractivity contribution in [2.24, 2.45) is 0 Å². The van der Waals surface area contributed by atoms with Crippen LogP contribution in [-0.4, -0.2) is 25.0 Å². The molecule has 5 heteroatoms. The van der Waals surface area contributed by atoms with Crippen molar-refractivity contribution in [1.82, 2.24) is 10.6 Å². The molecule has 0 saturated carbocycles. The van der Waals surface area contributed by atoms with E-state index < -0.39 is 11.7 Å². The maximum Gasteiger partial charge on any atom is 0.254 e. The fourth-order valence-electron chi connectivity index (χ4n) is 2.13. The van der Waals surface area contributed by atoms with Crippen LogP contribution in [0.2, 0.25) is 5.02 Å². The minimum absolute atomic E-state index is 0.00174. The van der Waals surface area contributed by atoms with Gasteiger partial charge in [0.1, 0.15) is 5.82 Å². The summed E-state index contributed by atoms with van der Waals surface area (Å²) >= 11 is 5.74. The number of carbonyl (C=O) groups is 1. The Kier molecular flexibility index (Phi) is 4.55. The topological polar surface area (TPSA) is 41.1 Å². The Hall–Kier alpha value is -1.13. The number of carbonyl (C=O) groups excluding carboxylic acids is 1. The summed E-state index contributed by atoms with van der Waals surface area (Å²) < 4.78 is 13.4. The number of halogens is 2. The molecule has 2 N–H and O–H groups in total. The molecule has 0 unspecified atom stereocenters. The first-order valence-corrected chi connectivity index (χ1v) is 6.51. The fourth-order valence-corrected chi connectivity index (χ4v) is 2.30. The molecule has 1 aromatic carbocycles. The lowest BCUT2D eigenvalue weighted by molar-refractivity contribution is 0.0948. The van der Waals surface area contributed by atoms with Crippen molar-refractivity contribution >= 4 is 17.5 Å². The van der Waals surface area contributed by atoms with Crippen LogP contribution in [0.1, 0.15) is 29.6 Å². The Balaban J connectivity index is 1.85. The zero-order valence-corrected chi connectivity index (χ0v) is 10.8. The van der Waals surface area contributed by atoms with Crippen LogP contribution in [0.25, 0.3) is 0 Å². The Morgan fingerprint density at radius 3 is 3.11 bits per heavy atom. The molecular weight excluding hydrogens is 255 g/mol. The average molecular weight is 271 g/mol. The van der Waals surface area contributed by atoms with Crippen molar-refractivity contribution in [1.29, 1.82) is 0 Å². The summed E-state index contributed by atoms with van der Waals surface area (Å²) in [4.78, 5) is 11.8. The molecule has 1 saturated heterocycles. The molecule has 1 amide bonds. The van der Waals surface area contributed by atoms with Gasteiger partial charge < -0.3 is 10.6 Å². The molecule has 3 nitrogen and oxygen atoms in total. The van der Waals surface area contributed by atoms with E-state index in [1.54, 1.807) is 0 Å². The van der Waals surface area contributed by atoms with Gasteiger partial charge in [-0.3, -0.25) is 4.79 Å². The van der Waals surface area contributed by atoms with Gasteiger partial charge in [0.2, 0.25) is 0 Å². The Bertz CT molecular complexity index is 433. The number of hydrogen-bond donors (Lipinski definition) is 2. The van der Waals surface area contributed by atoms with Crippen LogP contribution in [-0.2, 0) is 0 Å². The molecule has 0 aliphatic carbocycles. The summed E-state index contributed by atoms with van der Waals surface area (Å²) in [6, 6.07) is 4.45. The highest BCUT2D eigenvalue weighted by molar-refractivity contribution is 6.30. The first-order valence-electron chi connectivity index (χ1n) is 6.13. The van der Waals surface area contributed by atoms with Crippen molar-refractivity contribution < 1.29 is 9.18 Å². The van der Waals surface area contributed by atoms with Gasteiger partial charge in [-0.05, 0) is 44.0 Å². The summed E-state index contributed by atoms with van der Waals surface area (Å²) in [7, 11) is 0. The van der Waals surface area contributed by atoms with Crippen LogP contribution in [0.4, 0.5) is 4.39 Å². The Morgan fingerprint density at radius 1 is 1.56 bits per heavy atom. The lowest BCUT2D eigenvalue weighted by Crippen LogP contribution is -2.31. The van der Waals surface area contributed by atoms with Crippen LogP contribution < -0.4 is 10.6 Å². The van der Waals surface area contributed by atoms with Gasteiger partial charge >= 0.3 is 0 Å². The average Bonchev–Trinajstić information content (AvgIpc) is 2.85. The maximum absolute atomic E-state index is 13.4. The first kappa shape index (κ1) is 13.3. The van der Waals surface area contributed by atoms with E-state index in [9.17, 15) is 9.18 Å². The van der Waals surface area contributed by atoms with Gasteiger partial charge in [0.25, 0.3) is 5.91 Å². The molecule has 1 atom stereocenters. The summed E-state index contributed by atoms with van der Waals surface area (Å²) in [5, 5.41) is 6.42. The molecule has 0 bridgehead atoms. The zero-order chi connectivity index (χ0) is 13.0.